The van der Waals surface area contributed by atoms with Gasteiger partial charge in [-0.3, -0.25) is 0 Å². The summed E-state index contributed by atoms with van der Waals surface area (Å²) >= 11 is 0. The predicted octanol–water partition coefficient (Wildman–Crippen LogP) is 2.45. The molecule has 0 saturated carbocycles. The molecule has 0 heterocycles. The molecular weight excluding hydrogens is 390 g/mol. The fourth-order valence-electron chi connectivity index (χ4n) is 3.22. The molecule has 0 aliphatic rings. The molecule has 0 bridgehead atoms. The van der Waals surface area contributed by atoms with Crippen molar-refractivity contribution in [3.05, 3.63) is 12.2 Å². The largest absolute Gasteiger partial charge is 1.00 e. The zero-order valence-electron chi connectivity index (χ0n) is 17.9. The first-order chi connectivity index (χ1) is 11.8. The number of hydrogen-bond acceptors (Lipinski definition) is 2. The second-order valence-electron chi connectivity index (χ2n) is 8.36. The third-order valence-electron chi connectivity index (χ3n) is 5.06. The summed E-state index contributed by atoms with van der Waals surface area (Å²) in [5.41, 5.74) is 4.80. The number of quaternary nitrogens is 1. The van der Waals surface area contributed by atoms with E-state index >= 15 is 0 Å². The van der Waals surface area contributed by atoms with Crippen LogP contribution < -0.4 is 22.7 Å². The van der Waals surface area contributed by atoms with Gasteiger partial charge in [-0.15, -0.1) is 0 Å². The number of halogens is 1. The van der Waals surface area contributed by atoms with Crippen molar-refractivity contribution in [1.29, 1.82) is 0 Å². The van der Waals surface area contributed by atoms with Gasteiger partial charge in [0.05, 0.1) is 12.1 Å². The Bertz CT molecular complexity index is 364. The minimum Gasteiger partial charge on any atom is -1.00 e. The second kappa shape index (κ2) is 16.8. The first-order valence-electron chi connectivity index (χ1n) is 10.5. The SMILES string of the molecule is C=C(C)C(=O)OCCC(CCCCCCCCCCCC)C(C)(C)[NH3+].[Br-]. The van der Waals surface area contributed by atoms with E-state index in [2.05, 4.69) is 33.1 Å². The summed E-state index contributed by atoms with van der Waals surface area (Å²) in [6.07, 6.45) is 15.7. The lowest BCUT2D eigenvalue weighted by molar-refractivity contribution is -0.481. The van der Waals surface area contributed by atoms with Crippen LogP contribution in [0.3, 0.4) is 0 Å². The first-order valence-corrected chi connectivity index (χ1v) is 10.5. The van der Waals surface area contributed by atoms with Gasteiger partial charge in [-0.2, -0.15) is 0 Å². The van der Waals surface area contributed by atoms with Crippen LogP contribution in [0.15, 0.2) is 12.2 Å². The van der Waals surface area contributed by atoms with Crippen molar-refractivity contribution in [2.75, 3.05) is 6.61 Å². The normalized spacial score (nSPS) is 12.3. The van der Waals surface area contributed by atoms with Gasteiger partial charge < -0.3 is 27.5 Å². The predicted molar refractivity (Wildman–Crippen MR) is 107 cm³/mol. The zero-order chi connectivity index (χ0) is 19.1. The van der Waals surface area contributed by atoms with Crippen molar-refractivity contribution in [1.82, 2.24) is 0 Å². The average Bonchev–Trinajstić information content (AvgIpc) is 2.53. The molecule has 0 saturated heterocycles. The second-order valence-corrected chi connectivity index (χ2v) is 8.36. The molecule has 1 atom stereocenters. The summed E-state index contributed by atoms with van der Waals surface area (Å²) < 4.78 is 5.26. The monoisotopic (exact) mass is 433 g/mol. The molecule has 0 amide bonds. The highest BCUT2D eigenvalue weighted by Crippen LogP contribution is 2.23. The lowest BCUT2D eigenvalue weighted by atomic mass is 9.82. The van der Waals surface area contributed by atoms with E-state index in [-0.39, 0.29) is 28.5 Å². The van der Waals surface area contributed by atoms with Gasteiger partial charge in [0.2, 0.25) is 0 Å². The van der Waals surface area contributed by atoms with Crippen LogP contribution in [0.2, 0.25) is 0 Å². The van der Waals surface area contributed by atoms with Crippen LogP contribution >= 0.6 is 0 Å². The first kappa shape index (κ1) is 27.9. The van der Waals surface area contributed by atoms with Crippen molar-refractivity contribution in [3.63, 3.8) is 0 Å². The standard InChI is InChI=1S/C22H43NO2.BrH/c1-6-7-8-9-10-11-12-13-14-15-16-20(22(4,5)23)17-18-25-21(24)19(2)3;/h20H,2,6-18,23H2,1,3-5H3;1H. The highest BCUT2D eigenvalue weighted by molar-refractivity contribution is 5.86. The number of unbranched alkanes of at least 4 members (excludes halogenated alkanes) is 9. The Morgan fingerprint density at radius 3 is 1.85 bits per heavy atom. The molecule has 0 radical (unpaired) electrons. The van der Waals surface area contributed by atoms with Crippen LogP contribution in [0, 0.1) is 5.92 Å². The molecule has 0 aliphatic carbocycles. The number of carbonyl (C=O) groups excluding carboxylic acids is 1. The van der Waals surface area contributed by atoms with Crippen molar-refractivity contribution in [2.45, 2.75) is 110 Å². The Morgan fingerprint density at radius 1 is 0.962 bits per heavy atom. The highest BCUT2D eigenvalue weighted by Gasteiger charge is 2.28. The minimum atomic E-state index is -0.278. The zero-order valence-corrected chi connectivity index (χ0v) is 19.5. The number of esters is 1. The van der Waals surface area contributed by atoms with Crippen LogP contribution in [0.1, 0.15) is 105 Å². The van der Waals surface area contributed by atoms with E-state index < -0.39 is 0 Å². The molecule has 0 rings (SSSR count). The molecule has 0 aromatic carbocycles. The molecule has 3 N–H and O–H groups in total. The van der Waals surface area contributed by atoms with Crippen LogP contribution in [0.25, 0.3) is 0 Å². The van der Waals surface area contributed by atoms with Gasteiger partial charge in [0, 0.05) is 11.5 Å². The maximum Gasteiger partial charge on any atom is 0.333 e. The highest BCUT2D eigenvalue weighted by atomic mass is 79.9. The molecule has 4 heteroatoms. The summed E-state index contributed by atoms with van der Waals surface area (Å²) in [5.74, 6) is 0.221. The average molecular weight is 435 g/mol. The Morgan fingerprint density at radius 2 is 1.42 bits per heavy atom. The molecule has 0 spiro atoms. The summed E-state index contributed by atoms with van der Waals surface area (Å²) in [6.45, 7) is 12.4. The minimum absolute atomic E-state index is 0. The van der Waals surface area contributed by atoms with Crippen LogP contribution in [-0.4, -0.2) is 18.1 Å². The Balaban J connectivity index is 0. The van der Waals surface area contributed by atoms with Crippen molar-refractivity contribution in [2.24, 2.45) is 5.92 Å². The van der Waals surface area contributed by atoms with E-state index in [1.165, 1.54) is 70.6 Å². The Hall–Kier alpha value is -0.350. The van der Waals surface area contributed by atoms with Crippen molar-refractivity contribution >= 4 is 5.97 Å². The van der Waals surface area contributed by atoms with Gasteiger partial charge in [-0.05, 0) is 33.6 Å². The molecule has 0 aromatic rings. The molecule has 1 unspecified atom stereocenters. The molecule has 3 nitrogen and oxygen atoms in total. The summed E-state index contributed by atoms with van der Waals surface area (Å²) in [4.78, 5) is 11.5. The van der Waals surface area contributed by atoms with Gasteiger partial charge >= 0.3 is 5.97 Å². The van der Waals surface area contributed by atoms with E-state index in [9.17, 15) is 4.79 Å². The molecule has 156 valence electrons. The quantitative estimate of drug-likeness (QED) is 0.231. The summed E-state index contributed by atoms with van der Waals surface area (Å²) in [5, 5.41) is 0. The lowest BCUT2D eigenvalue weighted by Crippen LogP contribution is -3.00. The van der Waals surface area contributed by atoms with Gasteiger partial charge in [0.25, 0.3) is 0 Å². The maximum atomic E-state index is 11.5. The summed E-state index contributed by atoms with van der Waals surface area (Å²) in [7, 11) is 0. The molecular formula is C22H44BrNO2. The Labute approximate surface area is 173 Å². The van der Waals surface area contributed by atoms with E-state index in [4.69, 9.17) is 4.74 Å². The maximum absolute atomic E-state index is 11.5. The van der Waals surface area contributed by atoms with Crippen LogP contribution in [0.4, 0.5) is 0 Å². The smallest absolute Gasteiger partial charge is 0.333 e. The van der Waals surface area contributed by atoms with Gasteiger partial charge in [-0.1, -0.05) is 77.7 Å². The third kappa shape index (κ3) is 15.9. The number of rotatable bonds is 16. The fraction of sp³-hybridized carbons (Fsp3) is 0.864. The van der Waals surface area contributed by atoms with E-state index in [0.717, 1.165) is 6.42 Å². The number of ether oxygens (including phenoxy) is 1. The van der Waals surface area contributed by atoms with Crippen LogP contribution in [-0.2, 0) is 9.53 Å². The Kier molecular flexibility index (Phi) is 18.0. The fourth-order valence-corrected chi connectivity index (χ4v) is 3.22. The number of hydrogen-bond donors (Lipinski definition) is 1. The number of carbonyl (C=O) groups is 1. The molecule has 0 aromatic heterocycles. The van der Waals surface area contributed by atoms with Gasteiger partial charge in [0.15, 0.2) is 0 Å². The van der Waals surface area contributed by atoms with Gasteiger partial charge in [-0.25, -0.2) is 4.79 Å². The van der Waals surface area contributed by atoms with E-state index in [1.807, 2.05) is 0 Å². The van der Waals surface area contributed by atoms with E-state index in [1.54, 1.807) is 6.92 Å². The van der Waals surface area contributed by atoms with Gasteiger partial charge in [0.1, 0.15) is 0 Å². The van der Waals surface area contributed by atoms with Crippen molar-refractivity contribution in [3.8, 4) is 0 Å². The lowest BCUT2D eigenvalue weighted by Gasteiger charge is -2.27. The summed E-state index contributed by atoms with van der Waals surface area (Å²) in [6, 6.07) is 0. The van der Waals surface area contributed by atoms with E-state index in [0.29, 0.717) is 18.1 Å². The third-order valence-corrected chi connectivity index (χ3v) is 5.06. The van der Waals surface area contributed by atoms with Crippen LogP contribution in [0.5, 0.6) is 0 Å². The molecule has 0 fully saturated rings. The molecule has 26 heavy (non-hydrogen) atoms. The molecule has 0 aliphatic heterocycles. The topological polar surface area (TPSA) is 53.9 Å². The van der Waals surface area contributed by atoms with Crippen molar-refractivity contribution < 1.29 is 32.2 Å².